The summed E-state index contributed by atoms with van der Waals surface area (Å²) in [6, 6.07) is 6.80. The quantitative estimate of drug-likeness (QED) is 0.336. The van der Waals surface area contributed by atoms with Crippen LogP contribution >= 0.6 is 23.2 Å². The first-order valence-electron chi connectivity index (χ1n) is 14.1. The van der Waals surface area contributed by atoms with Crippen molar-refractivity contribution in [2.45, 2.75) is 52.0 Å². The maximum atomic E-state index is 14.5. The molecule has 6 atom stereocenters. The number of amides is 4. The molecule has 2 aliphatic carbocycles. The van der Waals surface area contributed by atoms with Crippen LogP contribution in [-0.4, -0.2) is 46.3 Å². The lowest BCUT2D eigenvalue weighted by molar-refractivity contribution is -0.145. The second-order valence-electron chi connectivity index (χ2n) is 13.0. The molecule has 0 spiro atoms. The summed E-state index contributed by atoms with van der Waals surface area (Å²) < 4.78 is 19.4. The lowest BCUT2D eigenvalue weighted by Crippen LogP contribution is -2.49. The molecular formula is C32H31Cl2FN2O6. The molecule has 0 bridgehead atoms. The maximum absolute atomic E-state index is 14.5. The molecule has 0 radical (unpaired) electrons. The number of nitrogens with zero attached hydrogens (tertiary/aromatic N) is 2. The number of ether oxygens (including phenoxy) is 1. The third kappa shape index (κ3) is 4.07. The zero-order chi connectivity index (χ0) is 31.3. The van der Waals surface area contributed by atoms with Crippen LogP contribution in [0.4, 0.5) is 10.1 Å². The standard InChI is InChI=1S/C32H31Cl2FN2O6/c1-31(2,3)37-27(39)17-8-7-16-18(24(17)29(37)41)13-19-28(40)36(15-6-9-22(35)20(33)12-15)30(42)32(19,4)25(16)14-10-21(34)26(38)23(11-14)43-5/h6-7,9-12,17-19,24-25,38H,8,13H2,1-5H3. The minimum Gasteiger partial charge on any atom is -0.503 e. The van der Waals surface area contributed by atoms with Crippen molar-refractivity contribution in [1.29, 1.82) is 0 Å². The average Bonchev–Trinajstić information content (AvgIpc) is 3.31. The average molecular weight is 630 g/mol. The first-order valence-corrected chi connectivity index (χ1v) is 14.9. The van der Waals surface area contributed by atoms with Gasteiger partial charge in [0.15, 0.2) is 11.5 Å². The molecule has 0 aromatic heterocycles. The highest BCUT2D eigenvalue weighted by Gasteiger charge is 2.68. The number of likely N-dealkylation sites (tertiary alicyclic amines) is 1. The van der Waals surface area contributed by atoms with E-state index in [0.717, 1.165) is 16.5 Å². The minimum atomic E-state index is -1.35. The van der Waals surface area contributed by atoms with Gasteiger partial charge in [0.25, 0.3) is 0 Å². The van der Waals surface area contributed by atoms with Gasteiger partial charge in [0, 0.05) is 11.5 Å². The number of hydrogen-bond acceptors (Lipinski definition) is 6. The Balaban J connectivity index is 1.55. The number of hydrogen-bond donors (Lipinski definition) is 1. The largest absolute Gasteiger partial charge is 0.503 e. The number of carbonyl (C=O) groups excluding carboxylic acids is 4. The number of fused-ring (bicyclic) bond motifs is 4. The van der Waals surface area contributed by atoms with Gasteiger partial charge in [-0.05, 0) is 82.3 Å². The molecule has 11 heteroatoms. The second kappa shape index (κ2) is 9.79. The maximum Gasteiger partial charge on any atom is 0.241 e. The summed E-state index contributed by atoms with van der Waals surface area (Å²) in [6.45, 7) is 7.15. The van der Waals surface area contributed by atoms with Gasteiger partial charge in [0.05, 0.1) is 46.0 Å². The summed E-state index contributed by atoms with van der Waals surface area (Å²) >= 11 is 12.5. The SMILES string of the molecule is COc1cc(C2C3=CCC4C(=O)N(C(C)(C)C)C(=O)C4C3CC3C(=O)N(c4ccc(F)c(Cl)c4)C(=O)C32C)cc(Cl)c1O. The third-order valence-corrected chi connectivity index (χ3v) is 10.3. The number of aromatic hydroxyl groups is 1. The highest BCUT2D eigenvalue weighted by atomic mass is 35.5. The number of phenols is 1. The monoisotopic (exact) mass is 628 g/mol. The summed E-state index contributed by atoms with van der Waals surface area (Å²) in [5.41, 5.74) is -0.664. The number of benzene rings is 2. The van der Waals surface area contributed by atoms with E-state index in [4.69, 9.17) is 27.9 Å². The summed E-state index contributed by atoms with van der Waals surface area (Å²) in [7, 11) is 1.38. The lowest BCUT2D eigenvalue weighted by Gasteiger charge is -2.49. The van der Waals surface area contributed by atoms with Crippen molar-refractivity contribution in [3.8, 4) is 11.5 Å². The van der Waals surface area contributed by atoms with Gasteiger partial charge in [-0.25, -0.2) is 9.29 Å². The second-order valence-corrected chi connectivity index (χ2v) is 13.8. The van der Waals surface area contributed by atoms with Crippen LogP contribution in [0.25, 0.3) is 0 Å². The summed E-state index contributed by atoms with van der Waals surface area (Å²) in [5.74, 6) is -5.86. The molecule has 2 aromatic carbocycles. The molecule has 43 heavy (non-hydrogen) atoms. The smallest absolute Gasteiger partial charge is 0.241 e. The Kier molecular flexibility index (Phi) is 6.75. The fraction of sp³-hybridized carbons (Fsp3) is 0.438. The van der Waals surface area contributed by atoms with Crippen molar-refractivity contribution >= 4 is 52.5 Å². The zero-order valence-electron chi connectivity index (χ0n) is 24.3. The van der Waals surface area contributed by atoms with Gasteiger partial charge in [0.2, 0.25) is 23.6 Å². The Hall–Kier alpha value is -3.43. The number of halogens is 3. The van der Waals surface area contributed by atoms with Crippen LogP contribution in [0.1, 0.15) is 52.0 Å². The van der Waals surface area contributed by atoms with E-state index in [2.05, 4.69) is 0 Å². The minimum absolute atomic E-state index is 0.00381. The lowest BCUT2D eigenvalue weighted by atomic mass is 9.51. The highest BCUT2D eigenvalue weighted by molar-refractivity contribution is 6.32. The summed E-state index contributed by atoms with van der Waals surface area (Å²) in [4.78, 5) is 58.5. The molecular weight excluding hydrogens is 598 g/mol. The normalized spacial score (nSPS) is 30.3. The first-order chi connectivity index (χ1) is 20.1. The van der Waals surface area contributed by atoms with Crippen LogP contribution in [0.5, 0.6) is 11.5 Å². The number of methoxy groups -OCH3 is 1. The number of allylic oxidation sites excluding steroid dienone is 2. The Bertz CT molecular complexity index is 1650. The zero-order valence-corrected chi connectivity index (χ0v) is 25.8. The molecule has 2 saturated heterocycles. The van der Waals surface area contributed by atoms with E-state index in [-0.39, 0.29) is 45.5 Å². The molecule has 2 aromatic rings. The predicted octanol–water partition coefficient (Wildman–Crippen LogP) is 5.88. The Morgan fingerprint density at radius 3 is 2.33 bits per heavy atom. The van der Waals surface area contributed by atoms with E-state index < -0.39 is 58.2 Å². The molecule has 4 aliphatic rings. The fourth-order valence-electron chi connectivity index (χ4n) is 7.84. The Morgan fingerprint density at radius 2 is 1.70 bits per heavy atom. The van der Waals surface area contributed by atoms with Crippen LogP contribution < -0.4 is 9.64 Å². The van der Waals surface area contributed by atoms with Gasteiger partial charge in [-0.15, -0.1) is 0 Å². The van der Waals surface area contributed by atoms with E-state index in [1.54, 1.807) is 19.1 Å². The van der Waals surface area contributed by atoms with Crippen molar-refractivity contribution in [3.05, 3.63) is 63.4 Å². The Morgan fingerprint density at radius 1 is 1.00 bits per heavy atom. The molecule has 2 heterocycles. The van der Waals surface area contributed by atoms with Crippen molar-refractivity contribution in [1.82, 2.24) is 4.90 Å². The number of carbonyl (C=O) groups is 4. The van der Waals surface area contributed by atoms with Crippen molar-refractivity contribution in [2.75, 3.05) is 12.0 Å². The van der Waals surface area contributed by atoms with E-state index in [9.17, 15) is 28.7 Å². The van der Waals surface area contributed by atoms with Crippen LogP contribution in [0.3, 0.4) is 0 Å². The molecule has 226 valence electrons. The number of imide groups is 2. The summed E-state index contributed by atoms with van der Waals surface area (Å²) in [5, 5.41) is 10.3. The topological polar surface area (TPSA) is 104 Å². The van der Waals surface area contributed by atoms with Gasteiger partial charge < -0.3 is 9.84 Å². The number of phenolic OH excluding ortho intramolecular Hbond substituents is 1. The molecule has 3 fully saturated rings. The third-order valence-electron chi connectivity index (χ3n) is 9.71. The van der Waals surface area contributed by atoms with Gasteiger partial charge in [-0.3, -0.25) is 24.1 Å². The van der Waals surface area contributed by atoms with Crippen LogP contribution in [0, 0.1) is 34.9 Å². The summed E-state index contributed by atoms with van der Waals surface area (Å²) in [6.07, 6.45) is 2.39. The van der Waals surface area contributed by atoms with Gasteiger partial charge in [0.1, 0.15) is 5.82 Å². The van der Waals surface area contributed by atoms with Crippen LogP contribution in [0.15, 0.2) is 42.0 Å². The van der Waals surface area contributed by atoms with Crippen LogP contribution in [0.2, 0.25) is 10.0 Å². The van der Waals surface area contributed by atoms with E-state index in [0.29, 0.717) is 12.0 Å². The van der Waals surface area contributed by atoms with Gasteiger partial charge >= 0.3 is 0 Å². The molecule has 1 saturated carbocycles. The number of anilines is 1. The molecule has 6 rings (SSSR count). The van der Waals surface area contributed by atoms with Crippen molar-refractivity contribution in [3.63, 3.8) is 0 Å². The van der Waals surface area contributed by atoms with Gasteiger partial charge in [-0.1, -0.05) is 34.9 Å². The Labute approximate surface area is 258 Å². The molecule has 8 nitrogen and oxygen atoms in total. The fourth-order valence-corrected chi connectivity index (χ4v) is 8.24. The molecule has 2 aliphatic heterocycles. The highest BCUT2D eigenvalue weighted by Crippen LogP contribution is 2.64. The van der Waals surface area contributed by atoms with Crippen molar-refractivity contribution < 1.29 is 33.4 Å². The van der Waals surface area contributed by atoms with E-state index >= 15 is 0 Å². The van der Waals surface area contributed by atoms with Crippen molar-refractivity contribution in [2.24, 2.45) is 29.1 Å². The molecule has 4 amide bonds. The van der Waals surface area contributed by atoms with Gasteiger partial charge in [-0.2, -0.15) is 0 Å². The van der Waals surface area contributed by atoms with Crippen LogP contribution in [-0.2, 0) is 19.2 Å². The molecule has 1 N–H and O–H groups in total. The van der Waals surface area contributed by atoms with E-state index in [1.165, 1.54) is 24.1 Å². The predicted molar refractivity (Wildman–Crippen MR) is 157 cm³/mol. The number of rotatable bonds is 3. The first kappa shape index (κ1) is 29.6. The molecule has 6 unspecified atom stereocenters. The van der Waals surface area contributed by atoms with E-state index in [1.807, 2.05) is 26.8 Å².